The molecule has 4 heteroatoms. The fourth-order valence-corrected chi connectivity index (χ4v) is 2.64. The summed E-state index contributed by atoms with van der Waals surface area (Å²) in [7, 11) is 0. The van der Waals surface area contributed by atoms with Crippen molar-refractivity contribution in [2.24, 2.45) is 0 Å². The highest BCUT2D eigenvalue weighted by molar-refractivity contribution is 14.1. The number of anilines is 2. The number of para-hydroxylation sites is 1. The summed E-state index contributed by atoms with van der Waals surface area (Å²) in [5.41, 5.74) is 2.98. The van der Waals surface area contributed by atoms with Crippen LogP contribution in [0.3, 0.4) is 0 Å². The Morgan fingerprint density at radius 3 is 2.68 bits per heavy atom. The third-order valence-electron chi connectivity index (χ3n) is 3.26. The lowest BCUT2D eigenvalue weighted by Gasteiger charge is -2.11. The molecule has 3 nitrogen and oxygen atoms in total. The molecule has 1 atom stereocenters. The molecule has 1 heterocycles. The van der Waals surface area contributed by atoms with Gasteiger partial charge in [-0.3, -0.25) is 4.79 Å². The van der Waals surface area contributed by atoms with Crippen LogP contribution in [0.2, 0.25) is 0 Å². The molecular weight excluding hydrogens is 351 g/mol. The first kappa shape index (κ1) is 12.5. The van der Waals surface area contributed by atoms with Gasteiger partial charge in [0.15, 0.2) is 0 Å². The van der Waals surface area contributed by atoms with Crippen LogP contribution >= 0.6 is 22.6 Å². The van der Waals surface area contributed by atoms with Gasteiger partial charge >= 0.3 is 0 Å². The highest BCUT2D eigenvalue weighted by Crippen LogP contribution is 2.31. The quantitative estimate of drug-likeness (QED) is 0.802. The zero-order valence-electron chi connectivity index (χ0n) is 10.2. The van der Waals surface area contributed by atoms with Crippen molar-refractivity contribution < 1.29 is 4.79 Å². The van der Waals surface area contributed by atoms with Crippen LogP contribution in [0.1, 0.15) is 11.5 Å². The Morgan fingerprint density at radius 2 is 1.89 bits per heavy atom. The molecule has 3 rings (SSSR count). The second kappa shape index (κ2) is 5.21. The normalized spacial score (nSPS) is 16.6. The maximum atomic E-state index is 12.3. The van der Waals surface area contributed by atoms with E-state index in [1.54, 1.807) is 0 Å². The van der Waals surface area contributed by atoms with E-state index in [0.29, 0.717) is 6.54 Å². The Bertz CT molecular complexity index is 610. The molecule has 2 N–H and O–H groups in total. The Labute approximate surface area is 125 Å². The topological polar surface area (TPSA) is 41.1 Å². The van der Waals surface area contributed by atoms with Gasteiger partial charge in [-0.25, -0.2) is 0 Å². The highest BCUT2D eigenvalue weighted by Gasteiger charge is 2.27. The average Bonchev–Trinajstić information content (AvgIpc) is 2.85. The van der Waals surface area contributed by atoms with E-state index in [4.69, 9.17) is 0 Å². The predicted molar refractivity (Wildman–Crippen MR) is 85.5 cm³/mol. The molecule has 1 aliphatic heterocycles. The molecule has 19 heavy (non-hydrogen) atoms. The molecule has 0 radical (unpaired) electrons. The van der Waals surface area contributed by atoms with Crippen molar-refractivity contribution in [1.82, 2.24) is 0 Å². The fraction of sp³-hybridized carbons (Fsp3) is 0.133. The number of carbonyl (C=O) groups is 1. The summed E-state index contributed by atoms with van der Waals surface area (Å²) in [6, 6.07) is 15.8. The van der Waals surface area contributed by atoms with Gasteiger partial charge in [0.05, 0.1) is 5.92 Å². The third-order valence-corrected chi connectivity index (χ3v) is 3.98. The minimum Gasteiger partial charge on any atom is -0.384 e. The molecule has 1 aliphatic rings. The van der Waals surface area contributed by atoms with Gasteiger partial charge in [-0.1, -0.05) is 18.2 Å². The van der Waals surface area contributed by atoms with E-state index >= 15 is 0 Å². The standard InChI is InChI=1S/C15H13IN2O/c16-10-5-7-11(8-6-10)18-15(19)13-9-17-14-4-2-1-3-12(13)14/h1-8,13,17H,9H2,(H,18,19). The summed E-state index contributed by atoms with van der Waals surface area (Å²) < 4.78 is 1.16. The number of nitrogens with one attached hydrogen (secondary N) is 2. The van der Waals surface area contributed by atoms with E-state index in [0.717, 1.165) is 20.5 Å². The van der Waals surface area contributed by atoms with Crippen molar-refractivity contribution >= 4 is 39.9 Å². The van der Waals surface area contributed by atoms with Crippen LogP contribution in [0.15, 0.2) is 48.5 Å². The van der Waals surface area contributed by atoms with Crippen LogP contribution in [0.5, 0.6) is 0 Å². The summed E-state index contributed by atoms with van der Waals surface area (Å²) in [5, 5.41) is 6.23. The van der Waals surface area contributed by atoms with Gasteiger partial charge in [0.2, 0.25) is 5.91 Å². The van der Waals surface area contributed by atoms with Crippen molar-refractivity contribution in [2.45, 2.75) is 5.92 Å². The second-order valence-corrected chi connectivity index (χ2v) is 5.76. The minimum atomic E-state index is -0.115. The first-order valence-electron chi connectivity index (χ1n) is 6.13. The number of hydrogen-bond donors (Lipinski definition) is 2. The van der Waals surface area contributed by atoms with Gasteiger partial charge in [-0.05, 0) is 58.5 Å². The molecule has 0 aromatic heterocycles. The number of rotatable bonds is 2. The van der Waals surface area contributed by atoms with Gasteiger partial charge in [0.25, 0.3) is 0 Å². The van der Waals surface area contributed by atoms with E-state index in [9.17, 15) is 4.79 Å². The zero-order chi connectivity index (χ0) is 13.2. The molecular formula is C15H13IN2O. The van der Waals surface area contributed by atoms with Gasteiger partial charge in [-0.2, -0.15) is 0 Å². The highest BCUT2D eigenvalue weighted by atomic mass is 127. The van der Waals surface area contributed by atoms with Crippen molar-refractivity contribution in [3.63, 3.8) is 0 Å². The average molecular weight is 364 g/mol. The molecule has 0 aliphatic carbocycles. The Kier molecular flexibility index (Phi) is 3.42. The van der Waals surface area contributed by atoms with Gasteiger partial charge < -0.3 is 10.6 Å². The van der Waals surface area contributed by atoms with Crippen molar-refractivity contribution in [1.29, 1.82) is 0 Å². The van der Waals surface area contributed by atoms with Crippen molar-refractivity contribution in [2.75, 3.05) is 17.2 Å². The number of halogens is 1. The summed E-state index contributed by atoms with van der Waals surface area (Å²) in [6.45, 7) is 0.662. The Hall–Kier alpha value is -1.56. The molecule has 0 bridgehead atoms. The molecule has 1 unspecified atom stereocenters. The Morgan fingerprint density at radius 1 is 1.16 bits per heavy atom. The largest absolute Gasteiger partial charge is 0.384 e. The maximum absolute atomic E-state index is 12.3. The van der Waals surface area contributed by atoms with Gasteiger partial charge in [-0.15, -0.1) is 0 Å². The molecule has 0 spiro atoms. The number of carbonyl (C=O) groups excluding carboxylic acids is 1. The van der Waals surface area contributed by atoms with Crippen LogP contribution in [0.25, 0.3) is 0 Å². The van der Waals surface area contributed by atoms with Crippen LogP contribution in [-0.2, 0) is 4.79 Å². The monoisotopic (exact) mass is 364 g/mol. The van der Waals surface area contributed by atoms with Gasteiger partial charge in [0.1, 0.15) is 0 Å². The summed E-state index contributed by atoms with van der Waals surface area (Å²) in [5.74, 6) is -0.0749. The van der Waals surface area contributed by atoms with E-state index < -0.39 is 0 Å². The van der Waals surface area contributed by atoms with Crippen LogP contribution in [0, 0.1) is 3.57 Å². The number of amides is 1. The van der Waals surface area contributed by atoms with E-state index in [2.05, 4.69) is 33.2 Å². The minimum absolute atomic E-state index is 0.0404. The predicted octanol–water partition coefficient (Wildman–Crippen LogP) is 3.44. The smallest absolute Gasteiger partial charge is 0.233 e. The van der Waals surface area contributed by atoms with Crippen LogP contribution in [-0.4, -0.2) is 12.5 Å². The number of fused-ring (bicyclic) bond motifs is 1. The lowest BCUT2D eigenvalue weighted by molar-refractivity contribution is -0.117. The Balaban J connectivity index is 1.77. The lowest BCUT2D eigenvalue weighted by Crippen LogP contribution is -2.22. The molecule has 0 saturated carbocycles. The van der Waals surface area contributed by atoms with Crippen molar-refractivity contribution in [3.8, 4) is 0 Å². The number of hydrogen-bond acceptors (Lipinski definition) is 2. The zero-order valence-corrected chi connectivity index (χ0v) is 12.3. The van der Waals surface area contributed by atoms with Gasteiger partial charge in [0, 0.05) is 21.5 Å². The summed E-state index contributed by atoms with van der Waals surface area (Å²) in [6.07, 6.45) is 0. The van der Waals surface area contributed by atoms with Crippen molar-refractivity contribution in [3.05, 3.63) is 57.7 Å². The molecule has 0 saturated heterocycles. The molecule has 2 aromatic carbocycles. The second-order valence-electron chi connectivity index (χ2n) is 4.52. The third kappa shape index (κ3) is 2.58. The molecule has 0 fully saturated rings. The molecule has 2 aromatic rings. The lowest BCUT2D eigenvalue weighted by atomic mass is 10.0. The van der Waals surface area contributed by atoms with E-state index in [1.165, 1.54) is 0 Å². The van der Waals surface area contributed by atoms with Crippen LogP contribution < -0.4 is 10.6 Å². The molecule has 96 valence electrons. The first-order valence-corrected chi connectivity index (χ1v) is 7.21. The summed E-state index contributed by atoms with van der Waals surface area (Å²) in [4.78, 5) is 12.3. The van der Waals surface area contributed by atoms with Crippen LogP contribution in [0.4, 0.5) is 11.4 Å². The first-order chi connectivity index (χ1) is 9.24. The summed E-state index contributed by atoms with van der Waals surface area (Å²) >= 11 is 2.25. The number of benzene rings is 2. The maximum Gasteiger partial charge on any atom is 0.233 e. The van der Waals surface area contributed by atoms with E-state index in [-0.39, 0.29) is 11.8 Å². The fourth-order valence-electron chi connectivity index (χ4n) is 2.28. The SMILES string of the molecule is O=C(Nc1ccc(I)cc1)C1CNc2ccccc21. The molecule has 1 amide bonds. The van der Waals surface area contributed by atoms with E-state index in [1.807, 2.05) is 48.5 Å².